The minimum atomic E-state index is -0.294. The first kappa shape index (κ1) is 13.9. The molecule has 1 unspecified atom stereocenters. The lowest BCUT2D eigenvalue weighted by Crippen LogP contribution is -2.22. The lowest BCUT2D eigenvalue weighted by molar-refractivity contribution is 0.00343. The standard InChI is InChI=1S/C13H20FNO2/c1-9(2)8-17-15-10(3)12-6-5-11(16-4)7-13(12)14/h5-7,9-10,15H,8H2,1-4H3. The summed E-state index contributed by atoms with van der Waals surface area (Å²) < 4.78 is 18.6. The number of rotatable bonds is 6. The van der Waals surface area contributed by atoms with Gasteiger partial charge in [0.1, 0.15) is 11.6 Å². The average Bonchev–Trinajstić information content (AvgIpc) is 2.28. The predicted octanol–water partition coefficient (Wildman–Crippen LogP) is 3.07. The van der Waals surface area contributed by atoms with Crippen molar-refractivity contribution in [1.29, 1.82) is 0 Å². The molecule has 96 valence electrons. The highest BCUT2D eigenvalue weighted by Crippen LogP contribution is 2.21. The molecule has 0 bridgehead atoms. The van der Waals surface area contributed by atoms with Gasteiger partial charge in [-0.2, -0.15) is 5.48 Å². The van der Waals surface area contributed by atoms with Gasteiger partial charge in [-0.15, -0.1) is 0 Å². The van der Waals surface area contributed by atoms with E-state index in [-0.39, 0.29) is 11.9 Å². The molecular formula is C13H20FNO2. The first-order valence-corrected chi connectivity index (χ1v) is 5.75. The van der Waals surface area contributed by atoms with Crippen LogP contribution in [0.25, 0.3) is 0 Å². The Balaban J connectivity index is 2.59. The molecule has 0 fully saturated rings. The van der Waals surface area contributed by atoms with E-state index in [1.165, 1.54) is 13.2 Å². The average molecular weight is 241 g/mol. The lowest BCUT2D eigenvalue weighted by Gasteiger charge is -2.16. The monoisotopic (exact) mass is 241 g/mol. The summed E-state index contributed by atoms with van der Waals surface area (Å²) in [6.07, 6.45) is 0. The summed E-state index contributed by atoms with van der Waals surface area (Å²) >= 11 is 0. The van der Waals surface area contributed by atoms with Crippen molar-refractivity contribution in [3.8, 4) is 5.75 Å². The zero-order chi connectivity index (χ0) is 12.8. The zero-order valence-electron chi connectivity index (χ0n) is 10.8. The molecule has 0 amide bonds. The molecule has 1 aromatic carbocycles. The van der Waals surface area contributed by atoms with Gasteiger partial charge in [0.15, 0.2) is 0 Å². The molecule has 1 atom stereocenters. The Labute approximate surface area is 102 Å². The van der Waals surface area contributed by atoms with Crippen LogP contribution in [0.3, 0.4) is 0 Å². The third-order valence-corrected chi connectivity index (χ3v) is 2.35. The van der Waals surface area contributed by atoms with Crippen molar-refractivity contribution >= 4 is 0 Å². The molecule has 0 aliphatic heterocycles. The van der Waals surface area contributed by atoms with Crippen LogP contribution < -0.4 is 10.2 Å². The number of ether oxygens (including phenoxy) is 1. The van der Waals surface area contributed by atoms with Crippen LogP contribution in [0.15, 0.2) is 18.2 Å². The SMILES string of the molecule is COc1ccc(C(C)NOCC(C)C)c(F)c1. The number of hydrogen-bond acceptors (Lipinski definition) is 3. The molecule has 0 aliphatic carbocycles. The maximum Gasteiger partial charge on any atom is 0.131 e. The molecule has 0 heterocycles. The summed E-state index contributed by atoms with van der Waals surface area (Å²) in [5, 5.41) is 0. The van der Waals surface area contributed by atoms with E-state index in [2.05, 4.69) is 19.3 Å². The fourth-order valence-corrected chi connectivity index (χ4v) is 1.39. The molecule has 17 heavy (non-hydrogen) atoms. The van der Waals surface area contributed by atoms with Gasteiger partial charge in [0.05, 0.1) is 19.8 Å². The Morgan fingerprint density at radius 2 is 2.00 bits per heavy atom. The van der Waals surface area contributed by atoms with Crippen LogP contribution in [0.4, 0.5) is 4.39 Å². The largest absolute Gasteiger partial charge is 0.497 e. The summed E-state index contributed by atoms with van der Waals surface area (Å²) in [5.74, 6) is 0.662. The van der Waals surface area contributed by atoms with Crippen molar-refractivity contribution in [3.63, 3.8) is 0 Å². The number of nitrogens with one attached hydrogen (secondary N) is 1. The van der Waals surface area contributed by atoms with Crippen molar-refractivity contribution in [2.75, 3.05) is 13.7 Å². The molecule has 0 saturated heterocycles. The smallest absolute Gasteiger partial charge is 0.131 e. The number of benzene rings is 1. The van der Waals surface area contributed by atoms with Crippen LogP contribution in [-0.2, 0) is 4.84 Å². The topological polar surface area (TPSA) is 30.5 Å². The van der Waals surface area contributed by atoms with Gasteiger partial charge >= 0.3 is 0 Å². The van der Waals surface area contributed by atoms with E-state index < -0.39 is 0 Å². The molecule has 1 aromatic rings. The molecule has 0 aliphatic rings. The summed E-state index contributed by atoms with van der Waals surface area (Å²) in [6, 6.07) is 4.61. The highest BCUT2D eigenvalue weighted by molar-refractivity contribution is 5.30. The lowest BCUT2D eigenvalue weighted by atomic mass is 10.1. The third kappa shape index (κ3) is 4.32. The van der Waals surface area contributed by atoms with E-state index in [9.17, 15) is 4.39 Å². The summed E-state index contributed by atoms with van der Waals surface area (Å²) in [5.41, 5.74) is 3.39. The first-order chi connectivity index (χ1) is 8.04. The van der Waals surface area contributed by atoms with E-state index in [4.69, 9.17) is 9.57 Å². The third-order valence-electron chi connectivity index (χ3n) is 2.35. The molecular weight excluding hydrogens is 221 g/mol. The summed E-state index contributed by atoms with van der Waals surface area (Å²) in [4.78, 5) is 5.27. The molecule has 1 rings (SSSR count). The maximum atomic E-state index is 13.7. The molecule has 4 heteroatoms. The Hall–Kier alpha value is -1.13. The van der Waals surface area contributed by atoms with Gasteiger partial charge in [-0.1, -0.05) is 19.9 Å². The van der Waals surface area contributed by atoms with Gasteiger partial charge in [0.2, 0.25) is 0 Å². The van der Waals surface area contributed by atoms with Gasteiger partial charge < -0.3 is 9.57 Å². The Kier molecular flexibility index (Phi) is 5.38. The maximum absolute atomic E-state index is 13.7. The summed E-state index contributed by atoms with van der Waals surface area (Å²) in [7, 11) is 1.52. The minimum Gasteiger partial charge on any atom is -0.497 e. The van der Waals surface area contributed by atoms with Crippen LogP contribution in [0.2, 0.25) is 0 Å². The highest BCUT2D eigenvalue weighted by Gasteiger charge is 2.11. The van der Waals surface area contributed by atoms with Gasteiger partial charge in [0, 0.05) is 11.6 Å². The van der Waals surface area contributed by atoms with Gasteiger partial charge in [-0.3, -0.25) is 0 Å². The molecule has 0 spiro atoms. The fourth-order valence-electron chi connectivity index (χ4n) is 1.39. The van der Waals surface area contributed by atoms with Crippen LogP contribution in [0.5, 0.6) is 5.75 Å². The molecule has 0 saturated carbocycles. The van der Waals surface area contributed by atoms with Crippen molar-refractivity contribution in [3.05, 3.63) is 29.6 Å². The number of halogens is 1. The van der Waals surface area contributed by atoms with Crippen LogP contribution in [0, 0.1) is 11.7 Å². The van der Waals surface area contributed by atoms with E-state index in [1.807, 2.05) is 6.92 Å². The number of methoxy groups -OCH3 is 1. The second-order valence-corrected chi connectivity index (χ2v) is 4.43. The first-order valence-electron chi connectivity index (χ1n) is 5.75. The minimum absolute atomic E-state index is 0.195. The van der Waals surface area contributed by atoms with Crippen molar-refractivity contribution < 1.29 is 14.0 Å². The van der Waals surface area contributed by atoms with E-state index >= 15 is 0 Å². The predicted molar refractivity (Wildman–Crippen MR) is 65.3 cm³/mol. The van der Waals surface area contributed by atoms with Crippen molar-refractivity contribution in [2.24, 2.45) is 5.92 Å². The Morgan fingerprint density at radius 3 is 2.53 bits per heavy atom. The number of hydrogen-bond donors (Lipinski definition) is 1. The van der Waals surface area contributed by atoms with E-state index in [1.54, 1.807) is 12.1 Å². The second kappa shape index (κ2) is 6.57. The summed E-state index contributed by atoms with van der Waals surface area (Å²) in [6.45, 7) is 6.56. The van der Waals surface area contributed by atoms with E-state index in [0.717, 1.165) is 0 Å². The van der Waals surface area contributed by atoms with E-state index in [0.29, 0.717) is 23.8 Å². The van der Waals surface area contributed by atoms with Gasteiger partial charge in [-0.05, 0) is 18.9 Å². The van der Waals surface area contributed by atoms with Crippen LogP contribution in [-0.4, -0.2) is 13.7 Å². The molecule has 1 N–H and O–H groups in total. The van der Waals surface area contributed by atoms with Crippen molar-refractivity contribution in [2.45, 2.75) is 26.8 Å². The number of hydroxylamine groups is 1. The molecule has 0 radical (unpaired) electrons. The molecule has 3 nitrogen and oxygen atoms in total. The second-order valence-electron chi connectivity index (χ2n) is 4.43. The van der Waals surface area contributed by atoms with Gasteiger partial charge in [0.25, 0.3) is 0 Å². The van der Waals surface area contributed by atoms with Crippen LogP contribution >= 0.6 is 0 Å². The van der Waals surface area contributed by atoms with Crippen LogP contribution in [0.1, 0.15) is 32.4 Å². The Morgan fingerprint density at radius 1 is 1.29 bits per heavy atom. The van der Waals surface area contributed by atoms with Gasteiger partial charge in [-0.25, -0.2) is 4.39 Å². The zero-order valence-corrected chi connectivity index (χ0v) is 10.8. The van der Waals surface area contributed by atoms with Crippen molar-refractivity contribution in [1.82, 2.24) is 5.48 Å². The molecule has 0 aromatic heterocycles. The normalized spacial score (nSPS) is 12.8. The Bertz CT molecular complexity index is 355. The highest BCUT2D eigenvalue weighted by atomic mass is 19.1. The quantitative estimate of drug-likeness (QED) is 0.776. The fraction of sp³-hybridized carbons (Fsp3) is 0.538.